The number of carbonyl (C=O) groups excluding carboxylic acids is 3. The van der Waals surface area contributed by atoms with E-state index in [-0.39, 0.29) is 18.2 Å². The maximum absolute atomic E-state index is 13.1. The fourth-order valence-electron chi connectivity index (χ4n) is 3.39. The fraction of sp³-hybridized carbons (Fsp3) is 0.318. The van der Waals surface area contributed by atoms with Gasteiger partial charge in [-0.25, -0.2) is 9.69 Å². The summed E-state index contributed by atoms with van der Waals surface area (Å²) in [5, 5.41) is 2.71. The summed E-state index contributed by atoms with van der Waals surface area (Å²) in [6, 6.07) is 15.1. The predicted octanol–water partition coefficient (Wildman–Crippen LogP) is 2.60. The molecule has 4 amide bonds. The highest BCUT2D eigenvalue weighted by atomic mass is 16.5. The van der Waals surface area contributed by atoms with Crippen molar-refractivity contribution in [1.29, 1.82) is 0 Å². The molecule has 1 heterocycles. The summed E-state index contributed by atoms with van der Waals surface area (Å²) >= 11 is 0. The van der Waals surface area contributed by atoms with Crippen LogP contribution in [0.25, 0.3) is 0 Å². The summed E-state index contributed by atoms with van der Waals surface area (Å²) in [5.41, 5.74) is 1.52. The van der Waals surface area contributed by atoms with Crippen molar-refractivity contribution in [2.75, 3.05) is 25.1 Å². The minimum absolute atomic E-state index is 0.0512. The molecule has 29 heavy (non-hydrogen) atoms. The number of benzene rings is 2. The normalized spacial score (nSPS) is 16.3. The van der Waals surface area contributed by atoms with Gasteiger partial charge < -0.3 is 15.0 Å². The number of nitrogens with one attached hydrogen (secondary N) is 1. The van der Waals surface area contributed by atoms with Crippen molar-refractivity contribution in [2.24, 2.45) is 0 Å². The monoisotopic (exact) mass is 395 g/mol. The Morgan fingerprint density at radius 2 is 1.76 bits per heavy atom. The first-order chi connectivity index (χ1) is 14.0. The third kappa shape index (κ3) is 4.56. The Labute approximate surface area is 170 Å². The molecule has 2 aromatic rings. The molecular weight excluding hydrogens is 370 g/mol. The van der Waals surface area contributed by atoms with Gasteiger partial charge in [-0.05, 0) is 43.2 Å². The van der Waals surface area contributed by atoms with Crippen LogP contribution in [0.2, 0.25) is 0 Å². The van der Waals surface area contributed by atoms with Crippen molar-refractivity contribution in [3.63, 3.8) is 0 Å². The van der Waals surface area contributed by atoms with E-state index in [1.807, 2.05) is 37.3 Å². The van der Waals surface area contributed by atoms with Gasteiger partial charge in [0.15, 0.2) is 0 Å². The van der Waals surface area contributed by atoms with E-state index in [2.05, 4.69) is 5.32 Å². The largest absolute Gasteiger partial charge is 0.497 e. The highest BCUT2D eigenvalue weighted by Crippen LogP contribution is 2.27. The van der Waals surface area contributed by atoms with E-state index in [9.17, 15) is 14.4 Å². The van der Waals surface area contributed by atoms with E-state index in [0.29, 0.717) is 25.2 Å². The van der Waals surface area contributed by atoms with Gasteiger partial charge in [0.25, 0.3) is 5.91 Å². The molecule has 1 N–H and O–H groups in total. The summed E-state index contributed by atoms with van der Waals surface area (Å²) in [7, 11) is 1.60. The number of carbonyl (C=O) groups is 3. The van der Waals surface area contributed by atoms with Crippen LogP contribution in [0.5, 0.6) is 5.75 Å². The first kappa shape index (κ1) is 20.4. The van der Waals surface area contributed by atoms with Crippen molar-refractivity contribution >= 4 is 23.5 Å². The van der Waals surface area contributed by atoms with Crippen molar-refractivity contribution in [2.45, 2.75) is 25.8 Å². The molecule has 0 aromatic heterocycles. The van der Waals surface area contributed by atoms with Gasteiger partial charge in [0.2, 0.25) is 5.91 Å². The second-order valence-corrected chi connectivity index (χ2v) is 6.76. The second kappa shape index (κ2) is 9.23. The molecule has 7 heteroatoms. The molecule has 0 saturated carbocycles. The molecule has 0 unspecified atom stereocenters. The molecule has 1 saturated heterocycles. The molecule has 7 nitrogen and oxygen atoms in total. The number of hydrogen-bond donors (Lipinski definition) is 1. The van der Waals surface area contributed by atoms with Crippen LogP contribution in [-0.4, -0.2) is 49.0 Å². The van der Waals surface area contributed by atoms with Gasteiger partial charge in [0, 0.05) is 13.1 Å². The molecule has 3 rings (SSSR count). The highest BCUT2D eigenvalue weighted by molar-refractivity contribution is 6.22. The third-order valence-electron chi connectivity index (χ3n) is 4.89. The molecule has 1 aliphatic heterocycles. The van der Waals surface area contributed by atoms with E-state index in [0.717, 1.165) is 16.2 Å². The summed E-state index contributed by atoms with van der Waals surface area (Å²) < 4.78 is 5.16. The van der Waals surface area contributed by atoms with Gasteiger partial charge in [-0.15, -0.1) is 0 Å². The van der Waals surface area contributed by atoms with Gasteiger partial charge in [-0.1, -0.05) is 30.3 Å². The molecule has 1 aliphatic rings. The Kier molecular flexibility index (Phi) is 6.49. The Morgan fingerprint density at radius 1 is 1.07 bits per heavy atom. The molecule has 2 aromatic carbocycles. The molecule has 0 aliphatic carbocycles. The molecule has 1 fully saturated rings. The van der Waals surface area contributed by atoms with Gasteiger partial charge in [-0.3, -0.25) is 9.59 Å². The standard InChI is InChI=1S/C22H25N3O4/c1-3-23-20(26)15-19-21(27)25(17-7-5-4-6-8-17)22(28)24(19)14-13-16-9-11-18(29-2)12-10-16/h4-12,19H,3,13-15H2,1-2H3,(H,23,26)/t19-/m0/s1. The van der Waals surface area contributed by atoms with E-state index in [4.69, 9.17) is 4.74 Å². The number of imide groups is 1. The lowest BCUT2D eigenvalue weighted by atomic mass is 10.1. The number of nitrogens with zero attached hydrogens (tertiary/aromatic N) is 2. The van der Waals surface area contributed by atoms with E-state index < -0.39 is 12.1 Å². The lowest BCUT2D eigenvalue weighted by Gasteiger charge is -2.21. The molecule has 0 spiro atoms. The van der Waals surface area contributed by atoms with Crippen LogP contribution in [-0.2, 0) is 16.0 Å². The minimum Gasteiger partial charge on any atom is -0.497 e. The number of anilines is 1. The number of hydrogen-bond acceptors (Lipinski definition) is 4. The van der Waals surface area contributed by atoms with Crippen LogP contribution in [0.15, 0.2) is 54.6 Å². The summed E-state index contributed by atoms with van der Waals surface area (Å²) in [4.78, 5) is 40.9. The summed E-state index contributed by atoms with van der Waals surface area (Å²) in [6.45, 7) is 2.63. The molecule has 152 valence electrons. The Hall–Kier alpha value is -3.35. The van der Waals surface area contributed by atoms with Crippen molar-refractivity contribution in [1.82, 2.24) is 10.2 Å². The lowest BCUT2D eigenvalue weighted by molar-refractivity contribution is -0.127. The predicted molar refractivity (Wildman–Crippen MR) is 110 cm³/mol. The van der Waals surface area contributed by atoms with Crippen LogP contribution in [0, 0.1) is 0 Å². The van der Waals surface area contributed by atoms with Crippen molar-refractivity contribution < 1.29 is 19.1 Å². The van der Waals surface area contributed by atoms with E-state index in [1.165, 1.54) is 4.90 Å². The molecule has 1 atom stereocenters. The number of ether oxygens (including phenoxy) is 1. The molecule has 0 radical (unpaired) electrons. The average Bonchev–Trinajstić information content (AvgIpc) is 2.97. The summed E-state index contributed by atoms with van der Waals surface area (Å²) in [6.07, 6.45) is 0.516. The van der Waals surface area contributed by atoms with Crippen LogP contribution < -0.4 is 15.0 Å². The van der Waals surface area contributed by atoms with Crippen LogP contribution in [0.3, 0.4) is 0 Å². The van der Waals surface area contributed by atoms with E-state index >= 15 is 0 Å². The maximum atomic E-state index is 13.1. The number of para-hydroxylation sites is 1. The SMILES string of the molecule is CCNC(=O)C[C@H]1C(=O)N(c2ccccc2)C(=O)N1CCc1ccc(OC)cc1. The Bertz CT molecular complexity index is 867. The number of urea groups is 1. The van der Waals surface area contributed by atoms with Crippen LogP contribution in [0.4, 0.5) is 10.5 Å². The minimum atomic E-state index is -0.812. The smallest absolute Gasteiger partial charge is 0.332 e. The van der Waals surface area contributed by atoms with Gasteiger partial charge in [0.05, 0.1) is 19.2 Å². The van der Waals surface area contributed by atoms with Gasteiger partial charge in [-0.2, -0.15) is 0 Å². The summed E-state index contributed by atoms with van der Waals surface area (Å²) in [5.74, 6) is 0.135. The fourth-order valence-corrected chi connectivity index (χ4v) is 3.39. The maximum Gasteiger partial charge on any atom is 0.332 e. The third-order valence-corrected chi connectivity index (χ3v) is 4.89. The van der Waals surface area contributed by atoms with Gasteiger partial charge in [0.1, 0.15) is 11.8 Å². The van der Waals surface area contributed by atoms with Gasteiger partial charge >= 0.3 is 6.03 Å². The number of methoxy groups -OCH3 is 1. The lowest BCUT2D eigenvalue weighted by Crippen LogP contribution is -2.40. The number of amides is 4. The van der Waals surface area contributed by atoms with Crippen LogP contribution in [0.1, 0.15) is 18.9 Å². The zero-order valence-electron chi connectivity index (χ0n) is 16.6. The first-order valence-electron chi connectivity index (χ1n) is 9.64. The van der Waals surface area contributed by atoms with Crippen molar-refractivity contribution in [3.8, 4) is 5.75 Å². The highest BCUT2D eigenvalue weighted by Gasteiger charge is 2.46. The molecular formula is C22H25N3O4. The number of rotatable bonds is 8. The quantitative estimate of drug-likeness (QED) is 0.697. The average molecular weight is 395 g/mol. The van der Waals surface area contributed by atoms with E-state index in [1.54, 1.807) is 31.4 Å². The zero-order chi connectivity index (χ0) is 20.8. The van der Waals surface area contributed by atoms with Crippen molar-refractivity contribution in [3.05, 3.63) is 60.2 Å². The Morgan fingerprint density at radius 3 is 2.38 bits per heavy atom. The van der Waals surface area contributed by atoms with Crippen LogP contribution >= 0.6 is 0 Å². The molecule has 0 bridgehead atoms. The second-order valence-electron chi connectivity index (χ2n) is 6.76. The zero-order valence-corrected chi connectivity index (χ0v) is 16.6. The first-order valence-corrected chi connectivity index (χ1v) is 9.64. The Balaban J connectivity index is 1.80. The topological polar surface area (TPSA) is 79.0 Å².